The van der Waals surface area contributed by atoms with Gasteiger partial charge in [-0.2, -0.15) is 0 Å². The molecule has 6 N–H and O–H groups in total. The second-order valence-electron chi connectivity index (χ2n) is 5.52. The van der Waals surface area contributed by atoms with E-state index in [2.05, 4.69) is 5.32 Å². The lowest BCUT2D eigenvalue weighted by Crippen LogP contribution is -2.07. The number of hydrogen-bond donors (Lipinski definition) is 5. The van der Waals surface area contributed by atoms with Crippen LogP contribution < -0.4 is 15.8 Å². The Hall–Kier alpha value is -2.34. The summed E-state index contributed by atoms with van der Waals surface area (Å²) in [4.78, 5) is 0. The van der Waals surface area contributed by atoms with Gasteiger partial charge in [0.15, 0.2) is 11.5 Å². The monoisotopic (exact) mass is 320 g/mol. The highest BCUT2D eigenvalue weighted by molar-refractivity contribution is 5.61. The fourth-order valence-corrected chi connectivity index (χ4v) is 2.27. The summed E-state index contributed by atoms with van der Waals surface area (Å²) in [6.45, 7) is 1.63. The smallest absolute Gasteiger partial charge is 0.200 e. The van der Waals surface area contributed by atoms with Crippen LogP contribution in [-0.4, -0.2) is 35.0 Å². The van der Waals surface area contributed by atoms with Crippen LogP contribution in [0, 0.1) is 0 Å². The van der Waals surface area contributed by atoms with Crippen molar-refractivity contribution in [2.24, 2.45) is 5.73 Å². The number of hydrogen-bond acceptors (Lipinski definition) is 6. The zero-order valence-corrected chi connectivity index (χ0v) is 13.1. The highest BCUT2D eigenvalue weighted by Gasteiger charge is 2.11. The van der Waals surface area contributed by atoms with E-state index in [1.165, 1.54) is 6.07 Å². The number of aliphatic hydroxyl groups is 1. The van der Waals surface area contributed by atoms with E-state index in [0.717, 1.165) is 24.8 Å². The third-order valence-corrected chi connectivity index (χ3v) is 3.64. The quantitative estimate of drug-likeness (QED) is 0.286. The Morgan fingerprint density at radius 1 is 1.09 bits per heavy atom. The van der Waals surface area contributed by atoms with Gasteiger partial charge in [0.25, 0.3) is 0 Å². The van der Waals surface area contributed by atoms with E-state index >= 15 is 0 Å². The molecule has 0 aromatic heterocycles. The normalized spacial score (nSPS) is 14.1. The van der Waals surface area contributed by atoms with Crippen LogP contribution in [0.15, 0.2) is 35.6 Å². The molecule has 0 atom stereocenters. The fraction of sp³-hybridized carbons (Fsp3) is 0.412. The summed E-state index contributed by atoms with van der Waals surface area (Å²) >= 11 is 0. The lowest BCUT2D eigenvalue weighted by molar-refractivity contribution is 0.286. The summed E-state index contributed by atoms with van der Waals surface area (Å²) in [7, 11) is 0. The topological polar surface area (TPSA) is 108 Å². The van der Waals surface area contributed by atoms with Crippen LogP contribution in [0.25, 0.3) is 0 Å². The minimum absolute atomic E-state index is 0.223. The van der Waals surface area contributed by atoms with Gasteiger partial charge in [0.1, 0.15) is 0 Å². The van der Waals surface area contributed by atoms with Crippen molar-refractivity contribution >= 4 is 5.69 Å². The summed E-state index contributed by atoms with van der Waals surface area (Å²) in [5.41, 5.74) is 7.24. The van der Waals surface area contributed by atoms with Gasteiger partial charge in [0.2, 0.25) is 5.75 Å². The number of aliphatic hydroxyl groups excluding tert-OH is 1. The van der Waals surface area contributed by atoms with Gasteiger partial charge in [0.05, 0.1) is 12.4 Å². The van der Waals surface area contributed by atoms with E-state index in [1.54, 1.807) is 12.1 Å². The number of rotatable bonds is 8. The van der Waals surface area contributed by atoms with Crippen LogP contribution in [-0.2, 0) is 0 Å². The third kappa shape index (κ3) is 5.10. The maximum absolute atomic E-state index is 9.85. The number of phenols is 2. The molecule has 0 heterocycles. The number of aromatic hydroxyl groups is 2. The predicted octanol–water partition coefficient (Wildman–Crippen LogP) is 2.79. The number of ether oxygens (including phenoxy) is 1. The number of phenolic OH excluding ortho intramolecular Hbond substituents is 2. The highest BCUT2D eigenvalue weighted by Crippen LogP contribution is 2.38. The second kappa shape index (κ2) is 8.33. The first-order chi connectivity index (χ1) is 11.1. The molecule has 0 unspecified atom stereocenters. The van der Waals surface area contributed by atoms with E-state index in [1.807, 2.05) is 6.08 Å². The minimum Gasteiger partial charge on any atom is -0.512 e. The second-order valence-corrected chi connectivity index (χ2v) is 5.52. The van der Waals surface area contributed by atoms with Crippen LogP contribution in [0.4, 0.5) is 5.69 Å². The van der Waals surface area contributed by atoms with Gasteiger partial charge < -0.3 is 31.1 Å². The van der Waals surface area contributed by atoms with Gasteiger partial charge in [-0.15, -0.1) is 0 Å². The van der Waals surface area contributed by atoms with Crippen molar-refractivity contribution in [2.45, 2.75) is 25.7 Å². The first-order valence-electron chi connectivity index (χ1n) is 7.80. The van der Waals surface area contributed by atoms with E-state index in [-0.39, 0.29) is 17.2 Å². The lowest BCUT2D eigenvalue weighted by Gasteiger charge is -2.15. The summed E-state index contributed by atoms with van der Waals surface area (Å²) < 4.78 is 5.50. The number of benzene rings is 1. The molecule has 0 saturated carbocycles. The van der Waals surface area contributed by atoms with Gasteiger partial charge in [-0.1, -0.05) is 11.6 Å². The maximum Gasteiger partial charge on any atom is 0.200 e. The Kier molecular flexibility index (Phi) is 6.17. The Labute approximate surface area is 135 Å². The molecule has 1 aliphatic rings. The number of nitrogens with two attached hydrogens (primary N) is 1. The van der Waals surface area contributed by atoms with Crippen molar-refractivity contribution in [3.05, 3.63) is 35.6 Å². The number of allylic oxidation sites excluding steroid dienone is 3. The maximum atomic E-state index is 9.85. The van der Waals surface area contributed by atoms with Crippen molar-refractivity contribution in [1.29, 1.82) is 0 Å². The van der Waals surface area contributed by atoms with Crippen molar-refractivity contribution in [3.63, 3.8) is 0 Å². The standard InChI is InChI=1S/C17H24N2O4/c18-7-1-2-8-23-16-10-13(9-15(21)17(16)22)19-11-12-3-5-14(20)6-4-12/h3,5,9-10,19-22H,1-2,4,6-8,11,18H2. The Morgan fingerprint density at radius 3 is 2.61 bits per heavy atom. The molecule has 1 aromatic rings. The molecule has 0 fully saturated rings. The SMILES string of the molecule is NCCCCOc1cc(NCC2=CC=C(O)CC2)cc(O)c1O. The summed E-state index contributed by atoms with van der Waals surface area (Å²) in [6.07, 6.45) is 6.65. The molecule has 126 valence electrons. The Bertz CT molecular complexity index is 597. The largest absolute Gasteiger partial charge is 0.512 e. The third-order valence-electron chi connectivity index (χ3n) is 3.64. The zero-order valence-electron chi connectivity index (χ0n) is 13.1. The first-order valence-corrected chi connectivity index (χ1v) is 7.80. The molecule has 6 heteroatoms. The molecule has 1 aliphatic carbocycles. The first kappa shape index (κ1) is 17.0. The molecular formula is C17H24N2O4. The van der Waals surface area contributed by atoms with Crippen LogP contribution in [0.1, 0.15) is 25.7 Å². The number of unbranched alkanes of at least 4 members (excludes halogenated alkanes) is 1. The average molecular weight is 320 g/mol. The van der Waals surface area contributed by atoms with Crippen molar-refractivity contribution in [2.75, 3.05) is 25.0 Å². The van der Waals surface area contributed by atoms with Crippen LogP contribution >= 0.6 is 0 Å². The molecule has 0 bridgehead atoms. The Balaban J connectivity index is 1.97. The number of anilines is 1. The van der Waals surface area contributed by atoms with Crippen LogP contribution in [0.2, 0.25) is 0 Å². The molecule has 6 nitrogen and oxygen atoms in total. The molecule has 0 spiro atoms. The molecule has 0 aliphatic heterocycles. The van der Waals surface area contributed by atoms with Gasteiger partial charge in [0, 0.05) is 30.8 Å². The van der Waals surface area contributed by atoms with E-state index < -0.39 is 0 Å². The van der Waals surface area contributed by atoms with Crippen molar-refractivity contribution in [1.82, 2.24) is 0 Å². The summed E-state index contributed by atoms with van der Waals surface area (Å²) in [6, 6.07) is 3.12. The molecule has 0 radical (unpaired) electrons. The average Bonchev–Trinajstić information content (AvgIpc) is 2.55. The predicted molar refractivity (Wildman–Crippen MR) is 90.1 cm³/mol. The molecule has 1 aromatic carbocycles. The van der Waals surface area contributed by atoms with Crippen molar-refractivity contribution in [3.8, 4) is 17.2 Å². The van der Waals surface area contributed by atoms with E-state index in [9.17, 15) is 15.3 Å². The summed E-state index contributed by atoms with van der Waals surface area (Å²) in [5.74, 6) is 0.163. The van der Waals surface area contributed by atoms with Gasteiger partial charge >= 0.3 is 0 Å². The number of nitrogens with one attached hydrogen (secondary N) is 1. The molecular weight excluding hydrogens is 296 g/mol. The van der Waals surface area contributed by atoms with E-state index in [0.29, 0.717) is 37.6 Å². The minimum atomic E-state index is -0.256. The van der Waals surface area contributed by atoms with Gasteiger partial charge in [-0.05, 0) is 31.9 Å². The van der Waals surface area contributed by atoms with Gasteiger partial charge in [-0.25, -0.2) is 0 Å². The highest BCUT2D eigenvalue weighted by atomic mass is 16.5. The summed E-state index contributed by atoms with van der Waals surface area (Å²) in [5, 5.41) is 32.2. The molecule has 2 rings (SSSR count). The van der Waals surface area contributed by atoms with Crippen LogP contribution in [0.3, 0.4) is 0 Å². The van der Waals surface area contributed by atoms with Gasteiger partial charge in [-0.3, -0.25) is 0 Å². The molecule has 0 amide bonds. The zero-order chi connectivity index (χ0) is 16.7. The lowest BCUT2D eigenvalue weighted by atomic mass is 10.0. The molecule has 0 saturated heterocycles. The molecule has 23 heavy (non-hydrogen) atoms. The van der Waals surface area contributed by atoms with E-state index in [4.69, 9.17) is 10.5 Å². The van der Waals surface area contributed by atoms with Crippen LogP contribution in [0.5, 0.6) is 17.2 Å². The Morgan fingerprint density at radius 2 is 1.91 bits per heavy atom. The fourth-order valence-electron chi connectivity index (χ4n) is 2.27. The van der Waals surface area contributed by atoms with Crippen molar-refractivity contribution < 1.29 is 20.1 Å².